The Morgan fingerprint density at radius 2 is 1.97 bits per heavy atom. The molecule has 14 heteroatoms. The summed E-state index contributed by atoms with van der Waals surface area (Å²) < 4.78 is 24.5. The van der Waals surface area contributed by atoms with E-state index in [1.54, 1.807) is 18.2 Å². The number of sulfone groups is 1. The van der Waals surface area contributed by atoms with Crippen LogP contribution in [0.2, 0.25) is 5.02 Å². The van der Waals surface area contributed by atoms with E-state index in [1.165, 1.54) is 6.20 Å². The molecule has 1 fully saturated rings. The number of anilines is 4. The van der Waals surface area contributed by atoms with E-state index in [9.17, 15) is 13.2 Å². The summed E-state index contributed by atoms with van der Waals surface area (Å²) in [5.74, 6) is 0.361. The highest BCUT2D eigenvalue weighted by Crippen LogP contribution is 2.29. The lowest BCUT2D eigenvalue weighted by Crippen LogP contribution is -2.47. The quantitative estimate of drug-likeness (QED) is 0.357. The number of benzene rings is 1. The molecule has 1 amide bonds. The van der Waals surface area contributed by atoms with Crippen molar-refractivity contribution >= 4 is 61.1 Å². The van der Waals surface area contributed by atoms with Crippen LogP contribution in [0, 0.1) is 6.92 Å². The fraction of sp³-hybridized carbons (Fsp3) is 0.364. The minimum Gasteiger partial charge on any atom is -0.395 e. The molecule has 1 aromatic carbocycles. The maximum atomic E-state index is 12.7. The van der Waals surface area contributed by atoms with Crippen LogP contribution in [-0.2, 0) is 9.84 Å². The summed E-state index contributed by atoms with van der Waals surface area (Å²) in [4.78, 5) is 29.8. The Morgan fingerprint density at radius 3 is 2.64 bits per heavy atom. The number of aliphatic hydroxyl groups is 1. The zero-order valence-electron chi connectivity index (χ0n) is 19.7. The van der Waals surface area contributed by atoms with E-state index in [0.29, 0.717) is 46.2 Å². The number of carbonyl (C=O) groups excluding carboxylic acids is 1. The zero-order chi connectivity index (χ0) is 25.9. The number of amides is 1. The number of rotatable bonds is 8. The first-order valence-corrected chi connectivity index (χ1v) is 14.2. The van der Waals surface area contributed by atoms with Crippen molar-refractivity contribution in [2.24, 2.45) is 0 Å². The van der Waals surface area contributed by atoms with Crippen molar-refractivity contribution in [1.29, 1.82) is 0 Å². The van der Waals surface area contributed by atoms with Crippen LogP contribution in [0.4, 0.5) is 22.5 Å². The van der Waals surface area contributed by atoms with E-state index < -0.39 is 9.84 Å². The predicted octanol–water partition coefficient (Wildman–Crippen LogP) is 2.41. The minimum absolute atomic E-state index is 0.0889. The van der Waals surface area contributed by atoms with Crippen molar-refractivity contribution in [2.45, 2.75) is 12.1 Å². The van der Waals surface area contributed by atoms with Crippen LogP contribution in [0.3, 0.4) is 0 Å². The third kappa shape index (κ3) is 6.28. The van der Waals surface area contributed by atoms with Gasteiger partial charge in [0.15, 0.2) is 5.13 Å². The van der Waals surface area contributed by atoms with E-state index in [2.05, 4.69) is 30.5 Å². The molecular formula is C22H26ClN7O4S2. The van der Waals surface area contributed by atoms with E-state index in [4.69, 9.17) is 16.7 Å². The molecule has 0 radical (unpaired) electrons. The molecule has 3 heterocycles. The number of nitrogens with one attached hydrogen (secondary N) is 2. The van der Waals surface area contributed by atoms with Gasteiger partial charge >= 0.3 is 0 Å². The average Bonchev–Trinajstić information content (AvgIpc) is 3.30. The Labute approximate surface area is 218 Å². The van der Waals surface area contributed by atoms with Crippen LogP contribution in [-0.4, -0.2) is 84.9 Å². The van der Waals surface area contributed by atoms with Crippen molar-refractivity contribution in [3.05, 3.63) is 45.9 Å². The molecule has 0 spiro atoms. The summed E-state index contributed by atoms with van der Waals surface area (Å²) in [6, 6.07) is 7.00. The van der Waals surface area contributed by atoms with Crippen LogP contribution in [0.25, 0.3) is 0 Å². The second kappa shape index (κ2) is 11.0. The van der Waals surface area contributed by atoms with E-state index in [0.717, 1.165) is 36.2 Å². The number of hydrogen-bond acceptors (Lipinski definition) is 11. The van der Waals surface area contributed by atoms with Crippen molar-refractivity contribution in [3.63, 3.8) is 0 Å². The number of nitrogens with zero attached hydrogens (tertiary/aromatic N) is 5. The van der Waals surface area contributed by atoms with Crippen LogP contribution < -0.4 is 15.5 Å². The molecule has 0 saturated carbocycles. The first-order valence-electron chi connectivity index (χ1n) is 11.1. The molecule has 36 heavy (non-hydrogen) atoms. The minimum atomic E-state index is -3.68. The first-order chi connectivity index (χ1) is 17.1. The number of aromatic nitrogens is 3. The summed E-state index contributed by atoms with van der Waals surface area (Å²) in [5, 5.41) is 15.5. The Bertz CT molecular complexity index is 1340. The van der Waals surface area contributed by atoms with Gasteiger partial charge in [0.1, 0.15) is 16.5 Å². The Kier molecular flexibility index (Phi) is 8.05. The van der Waals surface area contributed by atoms with E-state index in [-0.39, 0.29) is 23.5 Å². The fourth-order valence-corrected chi connectivity index (χ4v) is 5.17. The van der Waals surface area contributed by atoms with Crippen molar-refractivity contribution in [2.75, 3.05) is 61.1 Å². The second-order valence-electron chi connectivity index (χ2n) is 8.26. The summed E-state index contributed by atoms with van der Waals surface area (Å²) in [6.45, 7) is 5.22. The number of hydrogen-bond donors (Lipinski definition) is 3. The molecule has 0 aliphatic carbocycles. The molecule has 1 saturated heterocycles. The van der Waals surface area contributed by atoms with E-state index in [1.807, 2.05) is 17.9 Å². The van der Waals surface area contributed by atoms with Crippen LogP contribution in [0.15, 0.2) is 35.6 Å². The third-order valence-corrected chi connectivity index (χ3v) is 7.63. The molecule has 4 rings (SSSR count). The smallest absolute Gasteiger partial charge is 0.267 e. The first kappa shape index (κ1) is 26.2. The van der Waals surface area contributed by atoms with Crippen LogP contribution >= 0.6 is 22.9 Å². The molecule has 2 aromatic heterocycles. The highest BCUT2D eigenvalue weighted by molar-refractivity contribution is 7.90. The second-order valence-corrected chi connectivity index (χ2v) is 11.6. The van der Waals surface area contributed by atoms with Crippen LogP contribution in [0.1, 0.15) is 15.2 Å². The molecule has 1 aliphatic heterocycles. The van der Waals surface area contributed by atoms with Gasteiger partial charge in [-0.15, -0.1) is 0 Å². The molecule has 192 valence electrons. The summed E-state index contributed by atoms with van der Waals surface area (Å²) in [7, 11) is -3.68. The van der Waals surface area contributed by atoms with Gasteiger partial charge in [-0.3, -0.25) is 9.69 Å². The van der Waals surface area contributed by atoms with E-state index >= 15 is 0 Å². The van der Waals surface area contributed by atoms with Crippen molar-refractivity contribution in [1.82, 2.24) is 19.9 Å². The maximum Gasteiger partial charge on any atom is 0.267 e. The summed E-state index contributed by atoms with van der Waals surface area (Å²) in [6.07, 6.45) is 2.48. The Morgan fingerprint density at radius 1 is 1.22 bits per heavy atom. The highest BCUT2D eigenvalue weighted by Gasteiger charge is 2.22. The zero-order valence-corrected chi connectivity index (χ0v) is 22.1. The normalized spacial score (nSPS) is 14.6. The number of para-hydroxylation sites is 1. The van der Waals surface area contributed by atoms with Gasteiger partial charge in [-0.25, -0.2) is 23.4 Å². The lowest BCUT2D eigenvalue weighted by molar-refractivity contribution is 0.103. The number of halogens is 1. The topological polar surface area (TPSA) is 141 Å². The monoisotopic (exact) mass is 551 g/mol. The van der Waals surface area contributed by atoms with Gasteiger partial charge in [0.25, 0.3) is 11.1 Å². The van der Waals surface area contributed by atoms with Crippen LogP contribution in [0.5, 0.6) is 0 Å². The molecule has 11 nitrogen and oxygen atoms in total. The summed E-state index contributed by atoms with van der Waals surface area (Å²) in [5.41, 5.74) is 1.36. The number of aliphatic hydroxyl groups excluding tert-OH is 1. The summed E-state index contributed by atoms with van der Waals surface area (Å²) >= 11 is 7.30. The number of β-amino-alcohol motifs (C(OH)–C–C–N with tert-alkyl or cyclic N) is 1. The molecule has 0 bridgehead atoms. The average molecular weight is 552 g/mol. The maximum absolute atomic E-state index is 12.7. The number of thiazole rings is 1. The van der Waals surface area contributed by atoms with Gasteiger partial charge in [0.05, 0.1) is 23.5 Å². The molecule has 1 aliphatic rings. The highest BCUT2D eigenvalue weighted by atomic mass is 35.5. The Balaban J connectivity index is 1.53. The SMILES string of the molecule is Cc1cccc(Cl)c1NC(=O)c1cnc(Nc2cc(N3CCN(CCO)CC3)nc(S(C)(=O)=O)n2)s1. The molecule has 0 atom stereocenters. The standard InChI is InChI=1S/C22H26ClN7O4S2/c1-14-4-3-5-15(23)19(14)28-20(32)16-13-24-21(35-16)25-17-12-18(27-22(26-17)36(2,33)34)30-8-6-29(7-9-30)10-11-31/h3-5,12-13,31H,6-11H2,1-2H3,(H,28,32)(H,24,25,26,27). The lowest BCUT2D eigenvalue weighted by Gasteiger charge is -2.35. The number of piperazine rings is 1. The third-order valence-electron chi connectivity index (χ3n) is 5.56. The lowest BCUT2D eigenvalue weighted by atomic mass is 10.2. The van der Waals surface area contributed by atoms with Gasteiger partial charge in [-0.05, 0) is 18.6 Å². The Hall–Kier alpha value is -2.84. The van der Waals surface area contributed by atoms with Crippen molar-refractivity contribution < 1.29 is 18.3 Å². The van der Waals surface area contributed by atoms with Gasteiger partial charge in [-0.1, -0.05) is 35.1 Å². The molecule has 3 aromatic rings. The number of carbonyl (C=O) groups is 1. The van der Waals surface area contributed by atoms with Crippen molar-refractivity contribution in [3.8, 4) is 0 Å². The fourth-order valence-electron chi connectivity index (χ4n) is 3.66. The van der Waals surface area contributed by atoms with Gasteiger partial charge < -0.3 is 20.6 Å². The van der Waals surface area contributed by atoms with Gasteiger partial charge in [0, 0.05) is 45.0 Å². The largest absolute Gasteiger partial charge is 0.395 e. The molecular weight excluding hydrogens is 526 g/mol. The predicted molar refractivity (Wildman–Crippen MR) is 140 cm³/mol. The van der Waals surface area contributed by atoms with Gasteiger partial charge in [0.2, 0.25) is 9.84 Å². The molecule has 3 N–H and O–H groups in total. The number of aryl methyl sites for hydroxylation is 1. The van der Waals surface area contributed by atoms with Gasteiger partial charge in [-0.2, -0.15) is 0 Å². The molecule has 0 unspecified atom stereocenters.